The summed E-state index contributed by atoms with van der Waals surface area (Å²) in [6, 6.07) is 13.4. The first-order valence-electron chi connectivity index (χ1n) is 9.06. The molecule has 1 saturated heterocycles. The Morgan fingerprint density at radius 2 is 1.89 bits per heavy atom. The summed E-state index contributed by atoms with van der Waals surface area (Å²) >= 11 is 2.98. The highest BCUT2D eigenvalue weighted by Crippen LogP contribution is 2.21. The number of rotatable bonds is 8. The van der Waals surface area contributed by atoms with Gasteiger partial charge < -0.3 is 4.90 Å². The van der Waals surface area contributed by atoms with Gasteiger partial charge in [-0.15, -0.1) is 23.1 Å². The second kappa shape index (κ2) is 9.73. The number of thioether (sulfide) groups is 1. The number of likely N-dealkylation sites (tertiary alicyclic amines) is 1. The Labute approximate surface area is 169 Å². The maximum Gasteiger partial charge on any atom is 0.250 e. The van der Waals surface area contributed by atoms with Gasteiger partial charge in [-0.1, -0.05) is 24.3 Å². The smallest absolute Gasteiger partial charge is 0.250 e. The molecule has 0 atom stereocenters. The molecule has 8 heteroatoms. The van der Waals surface area contributed by atoms with Gasteiger partial charge in [-0.25, -0.2) is 13.1 Å². The molecule has 27 heavy (non-hydrogen) atoms. The zero-order valence-electron chi connectivity index (χ0n) is 15.0. The third-order valence-corrected chi connectivity index (χ3v) is 8.49. The van der Waals surface area contributed by atoms with Crippen LogP contribution in [0.1, 0.15) is 25.7 Å². The number of benzene rings is 1. The Morgan fingerprint density at radius 3 is 2.56 bits per heavy atom. The van der Waals surface area contributed by atoms with Crippen LogP contribution in [-0.4, -0.2) is 44.1 Å². The first-order valence-corrected chi connectivity index (χ1v) is 12.4. The summed E-state index contributed by atoms with van der Waals surface area (Å²) in [5, 5.41) is 1.76. The van der Waals surface area contributed by atoms with Crippen molar-refractivity contribution in [3.8, 4) is 0 Å². The Balaban J connectivity index is 1.36. The second-order valence-electron chi connectivity index (χ2n) is 6.47. The van der Waals surface area contributed by atoms with Crippen LogP contribution in [0.2, 0.25) is 0 Å². The highest BCUT2D eigenvalue weighted by molar-refractivity contribution is 7.99. The van der Waals surface area contributed by atoms with Gasteiger partial charge in [-0.3, -0.25) is 4.79 Å². The summed E-state index contributed by atoms with van der Waals surface area (Å²) in [4.78, 5) is 15.5. The fourth-order valence-corrected chi connectivity index (χ4v) is 6.22. The van der Waals surface area contributed by atoms with Crippen LogP contribution in [0.5, 0.6) is 0 Å². The minimum Gasteiger partial charge on any atom is -0.343 e. The molecule has 0 aliphatic carbocycles. The summed E-state index contributed by atoms with van der Waals surface area (Å²) in [5.74, 6) is 1.09. The number of sulfonamides is 1. The van der Waals surface area contributed by atoms with Gasteiger partial charge in [0.25, 0.3) is 0 Å². The van der Waals surface area contributed by atoms with Gasteiger partial charge in [-0.05, 0) is 48.6 Å². The number of hydrogen-bond acceptors (Lipinski definition) is 5. The number of piperidine rings is 1. The number of carbonyl (C=O) groups excluding carboxylic acids is 1. The van der Waals surface area contributed by atoms with Crippen LogP contribution in [0.25, 0.3) is 0 Å². The van der Waals surface area contributed by atoms with Crippen LogP contribution in [0, 0.1) is 0 Å². The third-order valence-electron chi connectivity index (χ3n) is 4.48. The summed E-state index contributed by atoms with van der Waals surface area (Å²) in [6.07, 6.45) is 2.72. The van der Waals surface area contributed by atoms with Gasteiger partial charge in [0.1, 0.15) is 4.21 Å². The molecule has 0 saturated carbocycles. The van der Waals surface area contributed by atoms with Gasteiger partial charge in [-0.2, -0.15) is 0 Å². The zero-order chi connectivity index (χ0) is 19.1. The lowest BCUT2D eigenvalue weighted by Crippen LogP contribution is -2.46. The molecule has 2 aromatic rings. The van der Waals surface area contributed by atoms with E-state index in [-0.39, 0.29) is 11.9 Å². The Morgan fingerprint density at radius 1 is 1.15 bits per heavy atom. The average molecular weight is 425 g/mol. The molecule has 1 aliphatic heterocycles. The van der Waals surface area contributed by atoms with E-state index in [1.54, 1.807) is 29.3 Å². The number of nitrogens with zero attached hydrogens (tertiary/aromatic N) is 1. The first-order chi connectivity index (χ1) is 13.0. The number of nitrogens with one attached hydrogen (secondary N) is 1. The van der Waals surface area contributed by atoms with Crippen LogP contribution in [0.15, 0.2) is 56.9 Å². The molecule has 0 spiro atoms. The summed E-state index contributed by atoms with van der Waals surface area (Å²) in [6.45, 7) is 1.23. The summed E-state index contributed by atoms with van der Waals surface area (Å²) in [7, 11) is -3.44. The van der Waals surface area contributed by atoms with E-state index in [2.05, 4.69) is 16.9 Å². The molecule has 146 valence electrons. The molecule has 1 amide bonds. The van der Waals surface area contributed by atoms with Crippen molar-refractivity contribution in [2.75, 3.05) is 18.8 Å². The SMILES string of the molecule is O=C(CCCSc1ccccc1)N1CCC(NS(=O)(=O)c2cccs2)CC1. The van der Waals surface area contributed by atoms with Crippen LogP contribution in [-0.2, 0) is 14.8 Å². The number of amides is 1. The van der Waals surface area contributed by atoms with E-state index in [9.17, 15) is 13.2 Å². The fraction of sp³-hybridized carbons (Fsp3) is 0.421. The van der Waals surface area contributed by atoms with Crippen molar-refractivity contribution >= 4 is 39.0 Å². The van der Waals surface area contributed by atoms with Crippen LogP contribution >= 0.6 is 23.1 Å². The molecule has 1 aromatic heterocycles. The molecular formula is C19H24N2O3S3. The van der Waals surface area contributed by atoms with E-state index >= 15 is 0 Å². The lowest BCUT2D eigenvalue weighted by Gasteiger charge is -2.32. The molecule has 0 radical (unpaired) electrons. The normalized spacial score (nSPS) is 15.8. The maximum absolute atomic E-state index is 12.4. The van der Waals surface area contributed by atoms with E-state index in [0.29, 0.717) is 36.6 Å². The Hall–Kier alpha value is -1.35. The van der Waals surface area contributed by atoms with E-state index in [4.69, 9.17) is 0 Å². The molecule has 1 N–H and O–H groups in total. The minimum absolute atomic E-state index is 0.102. The average Bonchev–Trinajstić information content (AvgIpc) is 3.22. The van der Waals surface area contributed by atoms with Crippen LogP contribution in [0.3, 0.4) is 0 Å². The topological polar surface area (TPSA) is 66.5 Å². The predicted octanol–water partition coefficient (Wildman–Crippen LogP) is 3.59. The van der Waals surface area contributed by atoms with E-state index < -0.39 is 10.0 Å². The van der Waals surface area contributed by atoms with E-state index in [0.717, 1.165) is 12.2 Å². The van der Waals surface area contributed by atoms with E-state index in [1.807, 2.05) is 23.1 Å². The standard InChI is InChI=1S/C19H24N2O3S3/c22-18(8-4-14-25-17-6-2-1-3-7-17)21-12-10-16(11-13-21)20-27(23,24)19-9-5-15-26-19/h1-3,5-7,9,15-16,20H,4,8,10-14H2. The van der Waals surface area contributed by atoms with Crippen molar-refractivity contribution in [2.45, 2.75) is 40.8 Å². The lowest BCUT2D eigenvalue weighted by molar-refractivity contribution is -0.132. The van der Waals surface area contributed by atoms with Crippen LogP contribution < -0.4 is 4.72 Å². The van der Waals surface area contributed by atoms with Gasteiger partial charge in [0, 0.05) is 30.4 Å². The van der Waals surface area contributed by atoms with Gasteiger partial charge in [0.15, 0.2) is 0 Å². The number of carbonyl (C=O) groups is 1. The Bertz CT molecular complexity index is 815. The predicted molar refractivity (Wildman–Crippen MR) is 111 cm³/mol. The van der Waals surface area contributed by atoms with Crippen molar-refractivity contribution in [1.82, 2.24) is 9.62 Å². The highest BCUT2D eigenvalue weighted by Gasteiger charge is 2.26. The first kappa shape index (κ1) is 20.4. The van der Waals surface area contributed by atoms with Gasteiger partial charge in [0.05, 0.1) is 0 Å². The molecule has 2 heterocycles. The largest absolute Gasteiger partial charge is 0.343 e. The van der Waals surface area contributed by atoms with Crippen molar-refractivity contribution in [2.24, 2.45) is 0 Å². The molecule has 1 aromatic carbocycles. The lowest BCUT2D eigenvalue weighted by atomic mass is 10.1. The molecular weight excluding hydrogens is 400 g/mol. The van der Waals surface area contributed by atoms with E-state index in [1.165, 1.54) is 16.2 Å². The third kappa shape index (κ3) is 6.07. The van der Waals surface area contributed by atoms with Crippen molar-refractivity contribution < 1.29 is 13.2 Å². The minimum atomic E-state index is -3.44. The second-order valence-corrected chi connectivity index (χ2v) is 10.5. The summed E-state index contributed by atoms with van der Waals surface area (Å²) < 4.78 is 27.7. The molecule has 5 nitrogen and oxygen atoms in total. The highest BCUT2D eigenvalue weighted by atomic mass is 32.2. The monoisotopic (exact) mass is 424 g/mol. The molecule has 1 aliphatic rings. The van der Waals surface area contributed by atoms with Crippen molar-refractivity contribution in [1.29, 1.82) is 0 Å². The summed E-state index contributed by atoms with van der Waals surface area (Å²) in [5.41, 5.74) is 0. The fourth-order valence-electron chi connectivity index (χ4n) is 3.03. The van der Waals surface area contributed by atoms with Crippen LogP contribution in [0.4, 0.5) is 0 Å². The molecule has 3 rings (SSSR count). The molecule has 0 unspecified atom stereocenters. The maximum atomic E-state index is 12.4. The number of thiophene rings is 1. The number of hydrogen-bond donors (Lipinski definition) is 1. The van der Waals surface area contributed by atoms with Crippen molar-refractivity contribution in [3.05, 3.63) is 47.8 Å². The van der Waals surface area contributed by atoms with Gasteiger partial charge in [0.2, 0.25) is 15.9 Å². The molecule has 1 fully saturated rings. The van der Waals surface area contributed by atoms with Gasteiger partial charge >= 0.3 is 0 Å². The zero-order valence-corrected chi connectivity index (χ0v) is 17.5. The quantitative estimate of drug-likeness (QED) is 0.519. The molecule has 0 bridgehead atoms. The van der Waals surface area contributed by atoms with Crippen molar-refractivity contribution in [3.63, 3.8) is 0 Å². The Kier molecular flexibility index (Phi) is 7.34.